The van der Waals surface area contributed by atoms with Crippen molar-refractivity contribution < 1.29 is 9.18 Å². The smallest absolute Gasteiger partial charge is 0.270 e. The van der Waals surface area contributed by atoms with Crippen LogP contribution in [0.15, 0.2) is 73.1 Å². The average molecular weight is 388 g/mol. The van der Waals surface area contributed by atoms with Crippen LogP contribution in [0, 0.1) is 5.82 Å². The molecule has 4 rings (SSSR count). The van der Waals surface area contributed by atoms with Crippen LogP contribution >= 0.6 is 0 Å². The van der Waals surface area contributed by atoms with Crippen LogP contribution in [0.1, 0.15) is 21.6 Å². The van der Waals surface area contributed by atoms with Gasteiger partial charge in [0.2, 0.25) is 0 Å². The molecule has 5 nitrogen and oxygen atoms in total. The zero-order valence-corrected chi connectivity index (χ0v) is 15.8. The Morgan fingerprint density at radius 2 is 1.86 bits per heavy atom. The number of aromatic amines is 1. The molecule has 0 atom stereocenters. The van der Waals surface area contributed by atoms with E-state index < -0.39 is 0 Å². The molecule has 1 amide bonds. The molecule has 3 N–H and O–H groups in total. The van der Waals surface area contributed by atoms with E-state index in [0.717, 1.165) is 29.7 Å². The minimum atomic E-state index is -0.297. The van der Waals surface area contributed by atoms with Gasteiger partial charge in [0.25, 0.3) is 5.91 Å². The first-order valence-electron chi connectivity index (χ1n) is 9.46. The monoisotopic (exact) mass is 388 g/mol. The van der Waals surface area contributed by atoms with Crippen molar-refractivity contribution in [3.63, 3.8) is 0 Å². The van der Waals surface area contributed by atoms with E-state index in [9.17, 15) is 9.18 Å². The zero-order valence-electron chi connectivity index (χ0n) is 15.8. The minimum absolute atomic E-state index is 0.264. The van der Waals surface area contributed by atoms with E-state index in [0.29, 0.717) is 12.2 Å². The normalized spacial score (nSPS) is 10.8. The Kier molecular flexibility index (Phi) is 5.52. The van der Waals surface area contributed by atoms with Crippen molar-refractivity contribution in [2.24, 2.45) is 0 Å². The molecule has 6 heteroatoms. The Morgan fingerprint density at radius 1 is 1.03 bits per heavy atom. The lowest BCUT2D eigenvalue weighted by atomic mass is 10.1. The number of halogens is 1. The van der Waals surface area contributed by atoms with Gasteiger partial charge < -0.3 is 15.6 Å². The number of hydrogen-bond acceptors (Lipinski definition) is 3. The van der Waals surface area contributed by atoms with Gasteiger partial charge >= 0.3 is 0 Å². The number of carbonyl (C=O) groups excluding carboxylic acids is 1. The summed E-state index contributed by atoms with van der Waals surface area (Å²) in [6.45, 7) is 1.09. The summed E-state index contributed by atoms with van der Waals surface area (Å²) in [5, 5.41) is 7.36. The van der Waals surface area contributed by atoms with Gasteiger partial charge in [0, 0.05) is 30.2 Å². The topological polar surface area (TPSA) is 69.8 Å². The number of aromatic nitrogens is 2. The molecule has 0 saturated carbocycles. The van der Waals surface area contributed by atoms with Crippen LogP contribution < -0.4 is 10.6 Å². The first-order valence-corrected chi connectivity index (χ1v) is 9.46. The number of amides is 1. The number of para-hydroxylation sites is 1. The number of carbonyl (C=O) groups is 1. The number of nitrogens with zero attached hydrogens (tertiary/aromatic N) is 1. The van der Waals surface area contributed by atoms with Crippen molar-refractivity contribution in [1.82, 2.24) is 15.3 Å². The number of fused-ring (bicyclic) bond motifs is 1. The lowest BCUT2D eigenvalue weighted by molar-refractivity contribution is 0.0946. The number of anilines is 1. The second-order valence-electron chi connectivity index (χ2n) is 6.78. The third-order valence-corrected chi connectivity index (χ3v) is 4.76. The summed E-state index contributed by atoms with van der Waals surface area (Å²) in [5.74, 6) is -0.561. The third kappa shape index (κ3) is 4.60. The number of nitrogens with one attached hydrogen (secondary N) is 3. The second kappa shape index (κ2) is 8.56. The van der Waals surface area contributed by atoms with Crippen LogP contribution in [-0.2, 0) is 13.0 Å². The SMILES string of the molecule is O=C(NCc1ccc(F)cc1)c1ccc(NCCc2c[nH]c3ccccc23)cn1. The van der Waals surface area contributed by atoms with Crippen LogP contribution in [-0.4, -0.2) is 22.4 Å². The second-order valence-corrected chi connectivity index (χ2v) is 6.78. The van der Waals surface area contributed by atoms with Crippen molar-refractivity contribution >= 4 is 22.5 Å². The van der Waals surface area contributed by atoms with E-state index in [2.05, 4.69) is 32.7 Å². The molecule has 0 bridgehead atoms. The molecule has 0 saturated heterocycles. The molecule has 29 heavy (non-hydrogen) atoms. The predicted octanol–water partition coefficient (Wildman–Crippen LogP) is 4.29. The van der Waals surface area contributed by atoms with Crippen LogP contribution in [0.3, 0.4) is 0 Å². The third-order valence-electron chi connectivity index (χ3n) is 4.76. The van der Waals surface area contributed by atoms with E-state index in [1.165, 1.54) is 23.1 Å². The molecule has 0 radical (unpaired) electrons. The van der Waals surface area contributed by atoms with Gasteiger partial charge in [-0.3, -0.25) is 4.79 Å². The van der Waals surface area contributed by atoms with E-state index >= 15 is 0 Å². The van der Waals surface area contributed by atoms with Gasteiger partial charge in [-0.15, -0.1) is 0 Å². The fourth-order valence-corrected chi connectivity index (χ4v) is 3.19. The van der Waals surface area contributed by atoms with E-state index in [1.807, 2.05) is 24.4 Å². The molecule has 2 aromatic carbocycles. The van der Waals surface area contributed by atoms with Crippen molar-refractivity contribution in [3.05, 3.63) is 95.7 Å². The summed E-state index contributed by atoms with van der Waals surface area (Å²) >= 11 is 0. The Hall–Kier alpha value is -3.67. The number of hydrogen-bond donors (Lipinski definition) is 3. The number of rotatable bonds is 7. The summed E-state index contributed by atoms with van der Waals surface area (Å²) in [7, 11) is 0. The van der Waals surface area contributed by atoms with Crippen molar-refractivity contribution in [3.8, 4) is 0 Å². The van der Waals surface area contributed by atoms with Gasteiger partial charge in [-0.1, -0.05) is 30.3 Å². The highest BCUT2D eigenvalue weighted by molar-refractivity contribution is 5.92. The highest BCUT2D eigenvalue weighted by Crippen LogP contribution is 2.18. The maximum Gasteiger partial charge on any atom is 0.270 e. The Bertz CT molecular complexity index is 1100. The number of pyridine rings is 1. The van der Waals surface area contributed by atoms with E-state index in [4.69, 9.17) is 0 Å². The summed E-state index contributed by atoms with van der Waals surface area (Å²) in [5.41, 5.74) is 4.43. The lowest BCUT2D eigenvalue weighted by Crippen LogP contribution is -2.23. The van der Waals surface area contributed by atoms with Gasteiger partial charge in [0.1, 0.15) is 11.5 Å². The summed E-state index contributed by atoms with van der Waals surface area (Å²) < 4.78 is 12.9. The number of benzene rings is 2. The molecule has 146 valence electrons. The molecule has 0 unspecified atom stereocenters. The standard InChI is InChI=1S/C23H21FN4O/c24-18-7-5-16(6-8-18)13-28-23(29)22-10-9-19(15-27-22)25-12-11-17-14-26-21-4-2-1-3-20(17)21/h1-10,14-15,25-26H,11-13H2,(H,28,29). The van der Waals surface area contributed by atoms with Crippen LogP contribution in [0.2, 0.25) is 0 Å². The highest BCUT2D eigenvalue weighted by atomic mass is 19.1. The van der Waals surface area contributed by atoms with Crippen molar-refractivity contribution in [1.29, 1.82) is 0 Å². The Balaban J connectivity index is 1.28. The predicted molar refractivity (Wildman–Crippen MR) is 112 cm³/mol. The van der Waals surface area contributed by atoms with Gasteiger partial charge in [-0.25, -0.2) is 9.37 Å². The molecule has 2 heterocycles. The fourth-order valence-electron chi connectivity index (χ4n) is 3.19. The van der Waals surface area contributed by atoms with Crippen LogP contribution in [0.4, 0.5) is 10.1 Å². The highest BCUT2D eigenvalue weighted by Gasteiger charge is 2.07. The van der Waals surface area contributed by atoms with Crippen LogP contribution in [0.25, 0.3) is 10.9 Å². The van der Waals surface area contributed by atoms with E-state index in [1.54, 1.807) is 24.4 Å². The summed E-state index contributed by atoms with van der Waals surface area (Å²) in [6.07, 6.45) is 4.57. The largest absolute Gasteiger partial charge is 0.383 e. The first kappa shape index (κ1) is 18.7. The van der Waals surface area contributed by atoms with E-state index in [-0.39, 0.29) is 11.7 Å². The van der Waals surface area contributed by atoms with Gasteiger partial charge in [-0.2, -0.15) is 0 Å². The van der Waals surface area contributed by atoms with Gasteiger partial charge in [-0.05, 0) is 47.9 Å². The Labute approximate surface area is 168 Å². The van der Waals surface area contributed by atoms with Crippen LogP contribution in [0.5, 0.6) is 0 Å². The molecule has 0 fully saturated rings. The molecular formula is C23H21FN4O. The fraction of sp³-hybridized carbons (Fsp3) is 0.130. The molecule has 0 aliphatic heterocycles. The maximum atomic E-state index is 12.9. The molecule has 0 aliphatic carbocycles. The Morgan fingerprint density at radius 3 is 2.66 bits per heavy atom. The minimum Gasteiger partial charge on any atom is -0.383 e. The first-order chi connectivity index (χ1) is 14.2. The maximum absolute atomic E-state index is 12.9. The summed E-state index contributed by atoms with van der Waals surface area (Å²) in [6, 6.07) is 17.8. The molecule has 0 aliphatic rings. The lowest BCUT2D eigenvalue weighted by Gasteiger charge is -2.08. The molecule has 0 spiro atoms. The molecule has 2 aromatic heterocycles. The molecule has 4 aromatic rings. The zero-order chi connectivity index (χ0) is 20.1. The van der Waals surface area contributed by atoms with Gasteiger partial charge in [0.05, 0.1) is 11.9 Å². The van der Waals surface area contributed by atoms with Gasteiger partial charge in [0.15, 0.2) is 0 Å². The quantitative estimate of drug-likeness (QED) is 0.442. The molecular weight excluding hydrogens is 367 g/mol. The van der Waals surface area contributed by atoms with Crippen molar-refractivity contribution in [2.75, 3.05) is 11.9 Å². The number of H-pyrrole nitrogens is 1. The summed E-state index contributed by atoms with van der Waals surface area (Å²) in [4.78, 5) is 19.7. The van der Waals surface area contributed by atoms with Crippen molar-refractivity contribution in [2.45, 2.75) is 13.0 Å². The average Bonchev–Trinajstić information content (AvgIpc) is 3.17.